The molecule has 0 aliphatic carbocycles. The van der Waals surface area contributed by atoms with Gasteiger partial charge in [0.25, 0.3) is 0 Å². The molecule has 1 heterocycles. The molecule has 0 N–H and O–H groups in total. The van der Waals surface area contributed by atoms with Gasteiger partial charge in [0.2, 0.25) is 5.91 Å². The van der Waals surface area contributed by atoms with Crippen LogP contribution in [-0.2, 0) is 17.6 Å². The van der Waals surface area contributed by atoms with Gasteiger partial charge >= 0.3 is 0 Å². The molecule has 1 atom stereocenters. The molecule has 1 fully saturated rings. The van der Waals surface area contributed by atoms with Gasteiger partial charge in [-0.05, 0) is 24.0 Å². The number of amides is 1. The predicted octanol–water partition coefficient (Wildman–Crippen LogP) is 2.63. The molecule has 0 bridgehead atoms. The lowest BCUT2D eigenvalue weighted by molar-refractivity contribution is -0.127. The largest absolute Gasteiger partial charge is 0.341 e. The van der Waals surface area contributed by atoms with E-state index in [0.29, 0.717) is 13.0 Å². The fourth-order valence-electron chi connectivity index (χ4n) is 2.15. The summed E-state index contributed by atoms with van der Waals surface area (Å²) in [6, 6.07) is 8.62. The Morgan fingerprint density at radius 2 is 1.94 bits per heavy atom. The van der Waals surface area contributed by atoms with Crippen molar-refractivity contribution in [3.8, 4) is 0 Å². The Bertz CT molecular complexity index is 388. The van der Waals surface area contributed by atoms with Gasteiger partial charge in [0, 0.05) is 19.5 Å². The number of nitrogens with zero attached hydrogens (tertiary/aromatic N) is 1. The van der Waals surface area contributed by atoms with Gasteiger partial charge in [0.1, 0.15) is 0 Å². The Kier molecular flexibility index (Phi) is 4.06. The Morgan fingerprint density at radius 3 is 2.47 bits per heavy atom. The van der Waals surface area contributed by atoms with Crippen molar-refractivity contribution < 1.29 is 4.79 Å². The van der Waals surface area contributed by atoms with Crippen LogP contribution in [0, 0.1) is 0 Å². The average molecular weight is 252 g/mol. The number of rotatable bonds is 4. The molecule has 0 spiro atoms. The first-order valence-electron chi connectivity index (χ1n) is 6.18. The molecular weight excluding hydrogens is 234 g/mol. The SMILES string of the molecule is CCc1ccc(CCN2CC(Cl)CC2=O)cc1. The second kappa shape index (κ2) is 5.54. The Hall–Kier alpha value is -1.02. The fraction of sp³-hybridized carbons (Fsp3) is 0.500. The van der Waals surface area contributed by atoms with E-state index in [4.69, 9.17) is 11.6 Å². The zero-order valence-electron chi connectivity index (χ0n) is 10.2. The summed E-state index contributed by atoms with van der Waals surface area (Å²) < 4.78 is 0. The number of hydrogen-bond acceptors (Lipinski definition) is 1. The van der Waals surface area contributed by atoms with Crippen molar-refractivity contribution in [3.05, 3.63) is 35.4 Å². The van der Waals surface area contributed by atoms with Crippen LogP contribution in [0.15, 0.2) is 24.3 Å². The first-order chi connectivity index (χ1) is 8.19. The summed E-state index contributed by atoms with van der Waals surface area (Å²) in [6.07, 6.45) is 2.48. The summed E-state index contributed by atoms with van der Waals surface area (Å²) in [6.45, 7) is 3.64. The van der Waals surface area contributed by atoms with Gasteiger partial charge < -0.3 is 4.90 Å². The molecule has 1 aromatic rings. The van der Waals surface area contributed by atoms with Gasteiger partial charge in [-0.3, -0.25) is 4.79 Å². The van der Waals surface area contributed by atoms with Crippen LogP contribution in [0.1, 0.15) is 24.5 Å². The summed E-state index contributed by atoms with van der Waals surface area (Å²) in [5.41, 5.74) is 2.64. The van der Waals surface area contributed by atoms with Crippen LogP contribution in [0.3, 0.4) is 0 Å². The van der Waals surface area contributed by atoms with Crippen LogP contribution in [0.2, 0.25) is 0 Å². The average Bonchev–Trinajstić information content (AvgIpc) is 2.66. The molecule has 2 nitrogen and oxygen atoms in total. The molecule has 0 saturated carbocycles. The number of likely N-dealkylation sites (tertiary alicyclic amines) is 1. The number of carbonyl (C=O) groups is 1. The first-order valence-corrected chi connectivity index (χ1v) is 6.62. The van der Waals surface area contributed by atoms with Crippen molar-refractivity contribution in [2.45, 2.75) is 31.6 Å². The standard InChI is InChI=1S/C14H18ClNO/c1-2-11-3-5-12(6-4-11)7-8-16-10-13(15)9-14(16)17/h3-6,13H,2,7-10H2,1H3. The van der Waals surface area contributed by atoms with Gasteiger partial charge in [-0.2, -0.15) is 0 Å². The molecular formula is C14H18ClNO. The topological polar surface area (TPSA) is 20.3 Å². The molecule has 1 aliphatic heterocycles. The second-order valence-electron chi connectivity index (χ2n) is 4.56. The maximum absolute atomic E-state index is 11.5. The number of aryl methyl sites for hydroxylation is 1. The molecule has 2 rings (SSSR count). The molecule has 0 aromatic heterocycles. The van der Waals surface area contributed by atoms with Crippen molar-refractivity contribution in [3.63, 3.8) is 0 Å². The predicted molar refractivity (Wildman–Crippen MR) is 70.4 cm³/mol. The molecule has 1 aromatic carbocycles. The molecule has 17 heavy (non-hydrogen) atoms. The van der Waals surface area contributed by atoms with Crippen molar-refractivity contribution in [1.82, 2.24) is 4.90 Å². The monoisotopic (exact) mass is 251 g/mol. The van der Waals surface area contributed by atoms with E-state index in [-0.39, 0.29) is 11.3 Å². The highest BCUT2D eigenvalue weighted by Gasteiger charge is 2.27. The molecule has 1 aliphatic rings. The molecule has 3 heteroatoms. The van der Waals surface area contributed by atoms with E-state index in [0.717, 1.165) is 19.4 Å². The maximum Gasteiger partial charge on any atom is 0.224 e. The third kappa shape index (κ3) is 3.22. The Morgan fingerprint density at radius 1 is 1.29 bits per heavy atom. The minimum atomic E-state index is 0.00460. The van der Waals surface area contributed by atoms with Crippen LogP contribution < -0.4 is 0 Å². The van der Waals surface area contributed by atoms with E-state index in [9.17, 15) is 4.79 Å². The van der Waals surface area contributed by atoms with Crippen LogP contribution >= 0.6 is 11.6 Å². The smallest absolute Gasteiger partial charge is 0.224 e. The lowest BCUT2D eigenvalue weighted by Crippen LogP contribution is -2.27. The van der Waals surface area contributed by atoms with E-state index >= 15 is 0 Å². The van der Waals surface area contributed by atoms with E-state index in [1.807, 2.05) is 4.90 Å². The lowest BCUT2D eigenvalue weighted by atomic mass is 10.1. The minimum absolute atomic E-state index is 0.00460. The van der Waals surface area contributed by atoms with Gasteiger partial charge in [-0.1, -0.05) is 31.2 Å². The van der Waals surface area contributed by atoms with Crippen molar-refractivity contribution in [2.75, 3.05) is 13.1 Å². The lowest BCUT2D eigenvalue weighted by Gasteiger charge is -2.15. The van der Waals surface area contributed by atoms with Crippen molar-refractivity contribution in [2.24, 2.45) is 0 Å². The van der Waals surface area contributed by atoms with Crippen molar-refractivity contribution >= 4 is 17.5 Å². The van der Waals surface area contributed by atoms with E-state index in [2.05, 4.69) is 31.2 Å². The zero-order valence-corrected chi connectivity index (χ0v) is 10.9. The van der Waals surface area contributed by atoms with Gasteiger partial charge in [-0.25, -0.2) is 0 Å². The number of hydrogen-bond donors (Lipinski definition) is 0. The fourth-order valence-corrected chi connectivity index (χ4v) is 2.44. The highest BCUT2D eigenvalue weighted by molar-refractivity contribution is 6.22. The molecule has 92 valence electrons. The summed E-state index contributed by atoms with van der Waals surface area (Å²) in [5, 5.41) is 0.00460. The summed E-state index contributed by atoms with van der Waals surface area (Å²) in [7, 11) is 0. The number of carbonyl (C=O) groups excluding carboxylic acids is 1. The quantitative estimate of drug-likeness (QED) is 0.754. The van der Waals surface area contributed by atoms with Crippen molar-refractivity contribution in [1.29, 1.82) is 0 Å². The summed E-state index contributed by atoms with van der Waals surface area (Å²) in [5.74, 6) is 0.190. The number of benzene rings is 1. The summed E-state index contributed by atoms with van der Waals surface area (Å²) in [4.78, 5) is 13.4. The van der Waals surface area contributed by atoms with Crippen LogP contribution in [-0.4, -0.2) is 29.3 Å². The van der Waals surface area contributed by atoms with Crippen LogP contribution in [0.25, 0.3) is 0 Å². The van der Waals surface area contributed by atoms with Crippen LogP contribution in [0.4, 0.5) is 0 Å². The zero-order chi connectivity index (χ0) is 12.3. The number of halogens is 1. The summed E-state index contributed by atoms with van der Waals surface area (Å²) >= 11 is 5.96. The van der Waals surface area contributed by atoms with Crippen LogP contribution in [0.5, 0.6) is 0 Å². The second-order valence-corrected chi connectivity index (χ2v) is 5.18. The van der Waals surface area contributed by atoms with Gasteiger partial charge in [0.15, 0.2) is 0 Å². The molecule has 1 saturated heterocycles. The molecule has 1 amide bonds. The first kappa shape index (κ1) is 12.4. The third-order valence-corrected chi connectivity index (χ3v) is 3.56. The Balaban J connectivity index is 1.87. The van der Waals surface area contributed by atoms with E-state index in [1.54, 1.807) is 0 Å². The highest BCUT2D eigenvalue weighted by atomic mass is 35.5. The molecule has 1 unspecified atom stereocenters. The third-order valence-electron chi connectivity index (χ3n) is 3.27. The van der Waals surface area contributed by atoms with Gasteiger partial charge in [0.05, 0.1) is 5.38 Å². The maximum atomic E-state index is 11.5. The van der Waals surface area contributed by atoms with Gasteiger partial charge in [-0.15, -0.1) is 11.6 Å². The molecule has 0 radical (unpaired) electrons. The van der Waals surface area contributed by atoms with E-state index in [1.165, 1.54) is 11.1 Å². The minimum Gasteiger partial charge on any atom is -0.341 e. The highest BCUT2D eigenvalue weighted by Crippen LogP contribution is 2.16. The Labute approximate surface area is 108 Å². The number of alkyl halides is 1. The van der Waals surface area contributed by atoms with E-state index < -0.39 is 0 Å². The normalized spacial score (nSPS) is 20.0.